The van der Waals surface area contributed by atoms with Crippen molar-refractivity contribution in [3.05, 3.63) is 12.2 Å². The van der Waals surface area contributed by atoms with Gasteiger partial charge in [-0.15, -0.1) is 0 Å². The summed E-state index contributed by atoms with van der Waals surface area (Å²) >= 11 is 0. The fourth-order valence-electron chi connectivity index (χ4n) is 9.53. The van der Waals surface area contributed by atoms with Crippen molar-refractivity contribution in [1.82, 2.24) is 0 Å². The highest BCUT2D eigenvalue weighted by Gasteiger charge is 2.03. The van der Waals surface area contributed by atoms with Crippen LogP contribution in [0, 0.1) is 0 Å². The molecule has 0 bridgehead atoms. The van der Waals surface area contributed by atoms with Crippen LogP contribution >= 0.6 is 0 Å². The second-order valence-electron chi connectivity index (χ2n) is 20.4. The zero-order valence-electron chi connectivity index (χ0n) is 43.5. The summed E-state index contributed by atoms with van der Waals surface area (Å²) in [6, 6.07) is 0. The van der Waals surface area contributed by atoms with E-state index in [4.69, 9.17) is 9.84 Å². The van der Waals surface area contributed by atoms with E-state index >= 15 is 0 Å². The second kappa shape index (κ2) is 59.2. The molecule has 0 atom stereocenters. The van der Waals surface area contributed by atoms with E-state index in [2.05, 4.69) is 19.1 Å². The number of unbranched alkanes of at least 4 members (excludes halogenated alkanes) is 50. The highest BCUT2D eigenvalue weighted by atomic mass is 16.5. The summed E-state index contributed by atoms with van der Waals surface area (Å²) in [5.74, 6) is 0.0272. The maximum absolute atomic E-state index is 12.1. The first-order chi connectivity index (χ1) is 31.3. The molecule has 0 saturated heterocycles. The number of rotatable bonds is 57. The molecule has 3 nitrogen and oxygen atoms in total. The van der Waals surface area contributed by atoms with Gasteiger partial charge in [-0.1, -0.05) is 314 Å². The fraction of sp³-hybridized carbons (Fsp3) is 0.950. The van der Waals surface area contributed by atoms with Gasteiger partial charge < -0.3 is 9.84 Å². The lowest BCUT2D eigenvalue weighted by Gasteiger charge is -2.06. The number of hydrogen-bond acceptors (Lipinski definition) is 3. The van der Waals surface area contributed by atoms with Crippen LogP contribution in [0.25, 0.3) is 0 Å². The smallest absolute Gasteiger partial charge is 0.305 e. The number of carbonyl (C=O) groups excluding carboxylic acids is 1. The first kappa shape index (κ1) is 62.2. The Labute approximate surface area is 398 Å². The molecule has 0 aliphatic carbocycles. The number of allylic oxidation sites excluding steroid dienone is 2. The fourth-order valence-corrected chi connectivity index (χ4v) is 9.53. The monoisotopic (exact) mass is 887 g/mol. The zero-order chi connectivity index (χ0) is 45.3. The summed E-state index contributed by atoms with van der Waals surface area (Å²) in [6.07, 6.45) is 78.5. The summed E-state index contributed by atoms with van der Waals surface area (Å²) in [6.45, 7) is 3.28. The molecule has 0 aliphatic rings. The van der Waals surface area contributed by atoms with Gasteiger partial charge in [0.1, 0.15) is 0 Å². The minimum Gasteiger partial charge on any atom is -0.466 e. The SMILES string of the molecule is CCCCCCC=CCCCCCCCCCCCC(=O)OCCCCCCCCCCCCCCCCCCCCCCCCCCCCCCCCCCCCCCCCO. The van der Waals surface area contributed by atoms with Crippen molar-refractivity contribution in [2.75, 3.05) is 13.2 Å². The van der Waals surface area contributed by atoms with Crippen molar-refractivity contribution in [3.63, 3.8) is 0 Å². The lowest BCUT2D eigenvalue weighted by molar-refractivity contribution is -0.143. The quantitative estimate of drug-likeness (QED) is 0.0376. The van der Waals surface area contributed by atoms with Gasteiger partial charge in [-0.25, -0.2) is 0 Å². The molecule has 0 rings (SSSR count). The predicted molar refractivity (Wildman–Crippen MR) is 282 cm³/mol. The first-order valence-electron chi connectivity index (χ1n) is 29.7. The van der Waals surface area contributed by atoms with Crippen LogP contribution < -0.4 is 0 Å². The van der Waals surface area contributed by atoms with Gasteiger partial charge in [0.15, 0.2) is 0 Å². The molecule has 0 spiro atoms. The molecule has 0 aromatic carbocycles. The van der Waals surface area contributed by atoms with Crippen molar-refractivity contribution in [3.8, 4) is 0 Å². The Morgan fingerprint density at radius 2 is 0.524 bits per heavy atom. The molecule has 0 aliphatic heterocycles. The lowest BCUT2D eigenvalue weighted by Crippen LogP contribution is -2.05. The van der Waals surface area contributed by atoms with Crippen LogP contribution in [-0.2, 0) is 9.53 Å². The van der Waals surface area contributed by atoms with Crippen LogP contribution in [0.15, 0.2) is 12.2 Å². The highest BCUT2D eigenvalue weighted by Crippen LogP contribution is 2.18. The van der Waals surface area contributed by atoms with E-state index < -0.39 is 0 Å². The number of hydrogen-bond donors (Lipinski definition) is 1. The molecule has 1 N–H and O–H groups in total. The molecule has 376 valence electrons. The number of ether oxygens (including phenoxy) is 1. The third-order valence-electron chi connectivity index (χ3n) is 14.0. The number of aliphatic hydroxyl groups excluding tert-OH is 1. The first-order valence-corrected chi connectivity index (χ1v) is 29.7. The Morgan fingerprint density at radius 1 is 0.302 bits per heavy atom. The summed E-state index contributed by atoms with van der Waals surface area (Å²) < 4.78 is 5.50. The zero-order valence-corrected chi connectivity index (χ0v) is 43.5. The maximum atomic E-state index is 12.1. The normalized spacial score (nSPS) is 11.7. The van der Waals surface area contributed by atoms with E-state index in [1.165, 1.54) is 321 Å². The van der Waals surface area contributed by atoms with E-state index in [0.29, 0.717) is 19.6 Å². The molecule has 0 aromatic rings. The Hall–Kier alpha value is -0.830. The predicted octanol–water partition coefficient (Wildman–Crippen LogP) is 21.2. The summed E-state index contributed by atoms with van der Waals surface area (Å²) in [5, 5.41) is 8.83. The van der Waals surface area contributed by atoms with Crippen LogP contribution in [0.1, 0.15) is 354 Å². The van der Waals surface area contributed by atoms with Gasteiger partial charge in [0.05, 0.1) is 6.61 Å². The van der Waals surface area contributed by atoms with Crippen LogP contribution in [0.2, 0.25) is 0 Å². The molecule has 0 aromatic heterocycles. The van der Waals surface area contributed by atoms with Gasteiger partial charge in [-0.3, -0.25) is 4.79 Å². The van der Waals surface area contributed by atoms with Gasteiger partial charge in [0, 0.05) is 13.0 Å². The van der Waals surface area contributed by atoms with Gasteiger partial charge >= 0.3 is 5.97 Å². The largest absolute Gasteiger partial charge is 0.466 e. The Balaban J connectivity index is 3.14. The molecule has 0 unspecified atom stereocenters. The molecule has 0 saturated carbocycles. The van der Waals surface area contributed by atoms with Crippen molar-refractivity contribution < 1.29 is 14.6 Å². The average Bonchev–Trinajstić information content (AvgIpc) is 3.29. The topological polar surface area (TPSA) is 46.5 Å². The summed E-state index contributed by atoms with van der Waals surface area (Å²) in [4.78, 5) is 12.1. The Bertz CT molecular complexity index is 837. The minimum absolute atomic E-state index is 0.0272. The van der Waals surface area contributed by atoms with Gasteiger partial charge in [0.25, 0.3) is 0 Å². The third-order valence-corrected chi connectivity index (χ3v) is 14.0. The summed E-state index contributed by atoms with van der Waals surface area (Å²) in [7, 11) is 0. The van der Waals surface area contributed by atoms with Crippen LogP contribution in [-0.4, -0.2) is 24.3 Å². The molecule has 0 heterocycles. The van der Waals surface area contributed by atoms with Crippen molar-refractivity contribution >= 4 is 5.97 Å². The van der Waals surface area contributed by atoms with Crippen molar-refractivity contribution in [1.29, 1.82) is 0 Å². The minimum atomic E-state index is 0.0272. The van der Waals surface area contributed by atoms with Crippen molar-refractivity contribution in [2.24, 2.45) is 0 Å². The van der Waals surface area contributed by atoms with Crippen LogP contribution in [0.3, 0.4) is 0 Å². The molecule has 63 heavy (non-hydrogen) atoms. The van der Waals surface area contributed by atoms with Gasteiger partial charge in [0.2, 0.25) is 0 Å². The van der Waals surface area contributed by atoms with E-state index in [1.807, 2.05) is 0 Å². The number of carbonyl (C=O) groups is 1. The van der Waals surface area contributed by atoms with E-state index in [9.17, 15) is 4.79 Å². The standard InChI is InChI=1S/C60H118O3/c1-2-3-4-5-6-7-8-9-10-33-36-39-42-45-48-51-54-57-60(62)63-59-56-53-50-47-44-41-38-35-32-30-28-26-24-22-20-18-16-14-12-11-13-15-17-19-21-23-25-27-29-31-34-37-40-43-46-49-52-55-58-61/h7-8,61H,2-6,9-59H2,1H3. The van der Waals surface area contributed by atoms with Gasteiger partial charge in [-0.05, 0) is 44.9 Å². The molecule has 0 radical (unpaired) electrons. The van der Waals surface area contributed by atoms with E-state index in [0.717, 1.165) is 19.3 Å². The summed E-state index contributed by atoms with van der Waals surface area (Å²) in [5.41, 5.74) is 0. The van der Waals surface area contributed by atoms with Crippen molar-refractivity contribution in [2.45, 2.75) is 354 Å². The average molecular weight is 888 g/mol. The van der Waals surface area contributed by atoms with Crippen LogP contribution in [0.5, 0.6) is 0 Å². The Morgan fingerprint density at radius 3 is 0.794 bits per heavy atom. The highest BCUT2D eigenvalue weighted by molar-refractivity contribution is 5.69. The Kier molecular flexibility index (Phi) is 58.4. The second-order valence-corrected chi connectivity index (χ2v) is 20.4. The van der Waals surface area contributed by atoms with E-state index in [-0.39, 0.29) is 5.97 Å². The van der Waals surface area contributed by atoms with Crippen LogP contribution in [0.4, 0.5) is 0 Å². The molecule has 0 amide bonds. The maximum Gasteiger partial charge on any atom is 0.305 e. The third kappa shape index (κ3) is 59.2. The van der Waals surface area contributed by atoms with E-state index in [1.54, 1.807) is 0 Å². The number of aliphatic hydroxyl groups is 1. The molecular formula is C60H118O3. The molecule has 0 fully saturated rings. The molecule has 3 heteroatoms. The lowest BCUT2D eigenvalue weighted by atomic mass is 10.0. The molecular weight excluding hydrogens is 769 g/mol. The van der Waals surface area contributed by atoms with Gasteiger partial charge in [-0.2, -0.15) is 0 Å². The number of esters is 1.